The molecule has 2 atom stereocenters. The third-order valence-electron chi connectivity index (χ3n) is 4.88. The van der Waals surface area contributed by atoms with Gasteiger partial charge in [-0.1, -0.05) is 11.6 Å². The summed E-state index contributed by atoms with van der Waals surface area (Å²) in [6.45, 7) is 9.07. The molecule has 2 aliphatic rings. The van der Waals surface area contributed by atoms with Gasteiger partial charge in [-0.2, -0.15) is 0 Å². The Morgan fingerprint density at radius 1 is 1.50 bits per heavy atom. The van der Waals surface area contributed by atoms with E-state index >= 15 is 0 Å². The SMILES string of the molecule is Cn1c(Cl)cnc1CN1CC2CNCC2C1(C)C. The second kappa shape index (κ2) is 4.22. The third-order valence-corrected chi connectivity index (χ3v) is 5.23. The van der Waals surface area contributed by atoms with Gasteiger partial charge in [0.15, 0.2) is 0 Å². The van der Waals surface area contributed by atoms with E-state index in [1.165, 1.54) is 0 Å². The molecule has 3 heterocycles. The van der Waals surface area contributed by atoms with Crippen LogP contribution in [-0.2, 0) is 13.6 Å². The first kappa shape index (κ1) is 12.5. The fraction of sp³-hybridized carbons (Fsp3) is 0.769. The van der Waals surface area contributed by atoms with Crippen LogP contribution in [0.2, 0.25) is 5.15 Å². The summed E-state index contributed by atoms with van der Waals surface area (Å²) in [6.07, 6.45) is 1.74. The van der Waals surface area contributed by atoms with Crippen molar-refractivity contribution in [1.82, 2.24) is 19.8 Å². The van der Waals surface area contributed by atoms with E-state index in [2.05, 4.69) is 29.0 Å². The maximum atomic E-state index is 6.05. The molecule has 2 aliphatic heterocycles. The van der Waals surface area contributed by atoms with Crippen LogP contribution >= 0.6 is 11.6 Å². The first-order valence-electron chi connectivity index (χ1n) is 6.62. The van der Waals surface area contributed by atoms with Gasteiger partial charge < -0.3 is 9.88 Å². The minimum atomic E-state index is 0.243. The van der Waals surface area contributed by atoms with Gasteiger partial charge in [0.05, 0.1) is 12.7 Å². The highest BCUT2D eigenvalue weighted by atomic mass is 35.5. The molecule has 4 nitrogen and oxygen atoms in total. The number of imidazole rings is 1. The lowest BCUT2D eigenvalue weighted by molar-refractivity contribution is 0.127. The van der Waals surface area contributed by atoms with Crippen molar-refractivity contribution in [2.24, 2.45) is 18.9 Å². The number of halogens is 1. The summed E-state index contributed by atoms with van der Waals surface area (Å²) < 4.78 is 1.98. The van der Waals surface area contributed by atoms with Gasteiger partial charge in [-0.25, -0.2) is 4.98 Å². The summed E-state index contributed by atoms with van der Waals surface area (Å²) in [7, 11) is 1.98. The zero-order valence-corrected chi connectivity index (χ0v) is 12.0. The topological polar surface area (TPSA) is 33.1 Å². The molecule has 3 rings (SSSR count). The summed E-state index contributed by atoms with van der Waals surface area (Å²) in [5.41, 5.74) is 0.243. The van der Waals surface area contributed by atoms with Crippen LogP contribution in [0.25, 0.3) is 0 Å². The fourth-order valence-electron chi connectivity index (χ4n) is 3.51. The standard InChI is InChI=1S/C13H21ClN4/c1-13(2)10-5-15-4-9(10)7-18(13)8-12-16-6-11(14)17(12)3/h6,9-10,15H,4-5,7-8H2,1-3H3. The van der Waals surface area contributed by atoms with Crippen LogP contribution in [0.15, 0.2) is 6.20 Å². The Hall–Kier alpha value is -0.580. The number of rotatable bonds is 2. The molecule has 0 bridgehead atoms. The lowest BCUT2D eigenvalue weighted by Crippen LogP contribution is -2.44. The van der Waals surface area contributed by atoms with Gasteiger partial charge in [0, 0.05) is 25.7 Å². The lowest BCUT2D eigenvalue weighted by atomic mass is 9.85. The highest BCUT2D eigenvalue weighted by molar-refractivity contribution is 6.29. The molecule has 2 saturated heterocycles. The van der Waals surface area contributed by atoms with Crippen molar-refractivity contribution < 1.29 is 0 Å². The van der Waals surface area contributed by atoms with Gasteiger partial charge in [0.1, 0.15) is 11.0 Å². The van der Waals surface area contributed by atoms with Gasteiger partial charge >= 0.3 is 0 Å². The largest absolute Gasteiger partial charge is 0.321 e. The van der Waals surface area contributed by atoms with Crippen molar-refractivity contribution in [3.05, 3.63) is 17.2 Å². The summed E-state index contributed by atoms with van der Waals surface area (Å²) in [6, 6.07) is 0. The van der Waals surface area contributed by atoms with Crippen LogP contribution in [0, 0.1) is 11.8 Å². The van der Waals surface area contributed by atoms with Gasteiger partial charge in [-0.05, 0) is 32.2 Å². The second-order valence-electron chi connectivity index (χ2n) is 6.12. The number of fused-ring (bicyclic) bond motifs is 1. The van der Waals surface area contributed by atoms with E-state index in [1.807, 2.05) is 11.6 Å². The number of hydrogen-bond donors (Lipinski definition) is 1. The van der Waals surface area contributed by atoms with E-state index in [4.69, 9.17) is 11.6 Å². The monoisotopic (exact) mass is 268 g/mol. The Morgan fingerprint density at radius 3 is 2.89 bits per heavy atom. The molecule has 18 heavy (non-hydrogen) atoms. The molecule has 2 fully saturated rings. The summed E-state index contributed by atoms with van der Waals surface area (Å²) in [4.78, 5) is 6.97. The molecule has 0 aromatic carbocycles. The summed E-state index contributed by atoms with van der Waals surface area (Å²) in [5, 5.41) is 4.22. The quantitative estimate of drug-likeness (QED) is 0.883. The predicted octanol–water partition coefficient (Wildman–Crippen LogP) is 1.50. The van der Waals surface area contributed by atoms with Gasteiger partial charge in [0.2, 0.25) is 0 Å². The first-order valence-corrected chi connectivity index (χ1v) is 7.00. The Bertz CT molecular complexity index is 454. The molecule has 5 heteroatoms. The first-order chi connectivity index (χ1) is 8.50. The maximum absolute atomic E-state index is 6.05. The molecular weight excluding hydrogens is 248 g/mol. The molecule has 0 spiro atoms. The van der Waals surface area contributed by atoms with Gasteiger partial charge in [0.25, 0.3) is 0 Å². The molecular formula is C13H21ClN4. The normalized spacial score (nSPS) is 30.9. The highest BCUT2D eigenvalue weighted by Gasteiger charge is 2.49. The molecule has 100 valence electrons. The Kier molecular flexibility index (Phi) is 2.92. The Morgan fingerprint density at radius 2 is 2.28 bits per heavy atom. The molecule has 0 amide bonds. The van der Waals surface area contributed by atoms with Crippen LogP contribution in [0.4, 0.5) is 0 Å². The molecule has 1 aromatic rings. The van der Waals surface area contributed by atoms with Crippen LogP contribution in [-0.4, -0.2) is 39.6 Å². The van der Waals surface area contributed by atoms with E-state index in [9.17, 15) is 0 Å². The van der Waals surface area contributed by atoms with Crippen molar-refractivity contribution in [2.45, 2.75) is 25.9 Å². The fourth-order valence-corrected chi connectivity index (χ4v) is 3.66. The van der Waals surface area contributed by atoms with Gasteiger partial charge in [-0.3, -0.25) is 4.90 Å². The van der Waals surface area contributed by atoms with Crippen LogP contribution in [0.5, 0.6) is 0 Å². The number of aromatic nitrogens is 2. The van der Waals surface area contributed by atoms with E-state index in [0.29, 0.717) is 5.15 Å². The molecule has 0 aliphatic carbocycles. The Balaban J connectivity index is 1.80. The van der Waals surface area contributed by atoms with Crippen molar-refractivity contribution in [1.29, 1.82) is 0 Å². The zero-order chi connectivity index (χ0) is 12.9. The molecule has 1 N–H and O–H groups in total. The third kappa shape index (κ3) is 1.78. The molecule has 2 unspecified atom stereocenters. The second-order valence-corrected chi connectivity index (χ2v) is 6.50. The minimum absolute atomic E-state index is 0.243. The smallest absolute Gasteiger partial charge is 0.128 e. The number of hydrogen-bond acceptors (Lipinski definition) is 3. The van der Waals surface area contributed by atoms with Gasteiger partial charge in [-0.15, -0.1) is 0 Å². The Labute approximate surface area is 113 Å². The maximum Gasteiger partial charge on any atom is 0.128 e. The minimum Gasteiger partial charge on any atom is -0.321 e. The molecule has 1 aromatic heterocycles. The number of likely N-dealkylation sites (tertiary alicyclic amines) is 1. The van der Waals surface area contributed by atoms with E-state index in [0.717, 1.165) is 43.8 Å². The molecule has 0 saturated carbocycles. The average Bonchev–Trinajstić information content (AvgIpc) is 2.95. The van der Waals surface area contributed by atoms with Crippen LogP contribution in [0.3, 0.4) is 0 Å². The molecule has 0 radical (unpaired) electrons. The number of nitrogens with one attached hydrogen (secondary N) is 1. The van der Waals surface area contributed by atoms with Crippen molar-refractivity contribution in [2.75, 3.05) is 19.6 Å². The summed E-state index contributed by atoms with van der Waals surface area (Å²) in [5.74, 6) is 2.60. The highest BCUT2D eigenvalue weighted by Crippen LogP contribution is 2.41. The summed E-state index contributed by atoms with van der Waals surface area (Å²) >= 11 is 6.05. The van der Waals surface area contributed by atoms with Crippen molar-refractivity contribution in [3.63, 3.8) is 0 Å². The van der Waals surface area contributed by atoms with E-state index in [1.54, 1.807) is 6.20 Å². The van der Waals surface area contributed by atoms with Crippen molar-refractivity contribution >= 4 is 11.6 Å². The lowest BCUT2D eigenvalue weighted by Gasteiger charge is -2.35. The van der Waals surface area contributed by atoms with Crippen LogP contribution in [0.1, 0.15) is 19.7 Å². The van der Waals surface area contributed by atoms with Crippen LogP contribution < -0.4 is 5.32 Å². The van der Waals surface area contributed by atoms with E-state index < -0.39 is 0 Å². The number of nitrogens with zero attached hydrogens (tertiary/aromatic N) is 3. The predicted molar refractivity (Wildman–Crippen MR) is 72.6 cm³/mol. The zero-order valence-electron chi connectivity index (χ0n) is 11.3. The van der Waals surface area contributed by atoms with E-state index in [-0.39, 0.29) is 5.54 Å². The average molecular weight is 269 g/mol. The van der Waals surface area contributed by atoms with Crippen molar-refractivity contribution in [3.8, 4) is 0 Å².